The Kier molecular flexibility index (Phi) is 11.5. The Bertz CT molecular complexity index is 2960. The molecule has 0 spiro atoms. The van der Waals surface area contributed by atoms with Crippen LogP contribution < -0.4 is 4.57 Å². The SMILES string of the molecule is CC(C)c1cccc(C(C)C)c1-[n+]1[c-]n(-c2[c-]cccc2)c2ccccc21.[Ir+3].[c-]1ccc2c(oc3c(-c4ccc(-c5ccccc5)cc4)cccc32)c1-c1ccccn1. The van der Waals surface area contributed by atoms with Gasteiger partial charge in [0.1, 0.15) is 5.58 Å². The Balaban J connectivity index is 0.000000163. The Hall–Kier alpha value is -6.39. The molecule has 10 aromatic rings. The van der Waals surface area contributed by atoms with Crippen molar-refractivity contribution in [3.63, 3.8) is 0 Å². The van der Waals surface area contributed by atoms with Crippen LogP contribution in [0.2, 0.25) is 0 Å². The van der Waals surface area contributed by atoms with Crippen LogP contribution in [0.3, 0.4) is 0 Å². The van der Waals surface area contributed by atoms with Gasteiger partial charge < -0.3 is 14.0 Å². The van der Waals surface area contributed by atoms with Gasteiger partial charge >= 0.3 is 20.1 Å². The molecule has 0 atom stereocenters. The zero-order chi connectivity index (χ0) is 39.6. The van der Waals surface area contributed by atoms with Gasteiger partial charge in [-0.3, -0.25) is 4.57 Å². The quantitative estimate of drug-likeness (QED) is 0.118. The molecule has 59 heavy (non-hydrogen) atoms. The van der Waals surface area contributed by atoms with Crippen LogP contribution in [0.5, 0.6) is 0 Å². The van der Waals surface area contributed by atoms with E-state index in [-0.39, 0.29) is 20.1 Å². The minimum absolute atomic E-state index is 0. The first-order valence-electron chi connectivity index (χ1n) is 19.9. The smallest absolute Gasteiger partial charge is 0.500 e. The molecular weight excluding hydrogens is 899 g/mol. The van der Waals surface area contributed by atoms with Crippen molar-refractivity contribution >= 4 is 33.0 Å². The summed E-state index contributed by atoms with van der Waals surface area (Å²) in [7, 11) is 0. The molecule has 4 nitrogen and oxygen atoms in total. The molecular formula is C54H43IrN3O+. The van der Waals surface area contributed by atoms with E-state index in [4.69, 9.17) is 4.42 Å². The summed E-state index contributed by atoms with van der Waals surface area (Å²) in [5.41, 5.74) is 15.3. The van der Waals surface area contributed by atoms with Crippen LogP contribution in [0, 0.1) is 18.5 Å². The van der Waals surface area contributed by atoms with Gasteiger partial charge in [0.15, 0.2) is 0 Å². The van der Waals surface area contributed by atoms with Crippen molar-refractivity contribution in [2.24, 2.45) is 0 Å². The van der Waals surface area contributed by atoms with E-state index in [0.29, 0.717) is 11.8 Å². The Morgan fingerprint density at radius 3 is 1.93 bits per heavy atom. The van der Waals surface area contributed by atoms with Gasteiger partial charge in [-0.2, -0.15) is 30.3 Å². The summed E-state index contributed by atoms with van der Waals surface area (Å²) >= 11 is 0. The minimum Gasteiger partial charge on any atom is -0.500 e. The zero-order valence-corrected chi connectivity index (χ0v) is 35.9. The van der Waals surface area contributed by atoms with E-state index < -0.39 is 0 Å². The fourth-order valence-corrected chi connectivity index (χ4v) is 7.86. The molecule has 3 heterocycles. The molecule has 5 heteroatoms. The van der Waals surface area contributed by atoms with E-state index in [1.807, 2.05) is 48.5 Å². The monoisotopic (exact) mass is 942 g/mol. The molecule has 0 aliphatic rings. The van der Waals surface area contributed by atoms with Crippen molar-refractivity contribution < 1.29 is 29.1 Å². The number of furan rings is 1. The normalized spacial score (nSPS) is 11.2. The number of benzene rings is 7. The summed E-state index contributed by atoms with van der Waals surface area (Å²) in [4.78, 5) is 4.50. The first-order valence-corrected chi connectivity index (χ1v) is 19.9. The number of hydrogen-bond donors (Lipinski definition) is 0. The molecule has 0 radical (unpaired) electrons. The van der Waals surface area contributed by atoms with Gasteiger partial charge in [0.05, 0.1) is 22.3 Å². The van der Waals surface area contributed by atoms with Crippen molar-refractivity contribution in [3.8, 4) is 44.9 Å². The van der Waals surface area contributed by atoms with Crippen LogP contribution in [0.15, 0.2) is 180 Å². The molecule has 0 aliphatic heterocycles. The van der Waals surface area contributed by atoms with Crippen molar-refractivity contribution in [3.05, 3.63) is 206 Å². The number of imidazole rings is 1. The molecule has 7 aromatic carbocycles. The van der Waals surface area contributed by atoms with Gasteiger partial charge in [0.25, 0.3) is 6.33 Å². The van der Waals surface area contributed by atoms with E-state index >= 15 is 0 Å². The largest absolute Gasteiger partial charge is 3.00 e. The van der Waals surface area contributed by atoms with Crippen LogP contribution in [0.25, 0.3) is 77.9 Å². The fraction of sp³-hybridized carbons (Fsp3) is 0.111. The number of aromatic nitrogens is 3. The summed E-state index contributed by atoms with van der Waals surface area (Å²) in [5, 5.41) is 2.18. The van der Waals surface area contributed by atoms with E-state index in [1.165, 1.54) is 27.9 Å². The topological polar surface area (TPSA) is 34.8 Å². The zero-order valence-electron chi connectivity index (χ0n) is 33.5. The summed E-state index contributed by atoms with van der Waals surface area (Å²) in [6.07, 6.45) is 5.41. The number of rotatable bonds is 7. The third-order valence-electron chi connectivity index (χ3n) is 10.7. The average molecular weight is 942 g/mol. The maximum atomic E-state index is 6.47. The molecule has 0 bridgehead atoms. The average Bonchev–Trinajstić information content (AvgIpc) is 3.87. The number of pyridine rings is 1. The minimum atomic E-state index is 0. The molecule has 0 saturated carbocycles. The van der Waals surface area contributed by atoms with Gasteiger partial charge in [0, 0.05) is 17.1 Å². The van der Waals surface area contributed by atoms with Gasteiger partial charge in [-0.1, -0.05) is 166 Å². The predicted octanol–water partition coefficient (Wildman–Crippen LogP) is 13.5. The molecule has 0 unspecified atom stereocenters. The predicted molar refractivity (Wildman–Crippen MR) is 237 cm³/mol. The van der Waals surface area contributed by atoms with Crippen LogP contribution >= 0.6 is 0 Å². The van der Waals surface area contributed by atoms with Crippen molar-refractivity contribution in [1.29, 1.82) is 0 Å². The summed E-state index contributed by atoms with van der Waals surface area (Å²) in [6, 6.07) is 65.2. The van der Waals surface area contributed by atoms with E-state index in [9.17, 15) is 0 Å². The number of para-hydroxylation sites is 5. The van der Waals surface area contributed by atoms with Gasteiger partial charge in [0.2, 0.25) is 0 Å². The van der Waals surface area contributed by atoms with Crippen LogP contribution in [-0.4, -0.2) is 9.55 Å². The maximum Gasteiger partial charge on any atom is 3.00 e. The third kappa shape index (κ3) is 7.68. The molecule has 0 saturated heterocycles. The molecule has 0 fully saturated rings. The van der Waals surface area contributed by atoms with Crippen molar-refractivity contribution in [2.45, 2.75) is 39.5 Å². The van der Waals surface area contributed by atoms with Gasteiger partial charge in [-0.25, -0.2) is 0 Å². The molecule has 288 valence electrons. The molecule has 3 aromatic heterocycles. The summed E-state index contributed by atoms with van der Waals surface area (Å²) in [5.74, 6) is 0.870. The molecule has 0 aliphatic carbocycles. The Morgan fingerprint density at radius 1 is 0.559 bits per heavy atom. The standard InChI is InChI=1S/C29H18NO.C25H25N2.Ir/c1-2-8-20(9-3-1)21-15-17-22(18-16-21)23-10-6-11-24-25-12-7-13-26(29(25)31-28(23)24)27-14-4-5-19-30-27;1-18(2)21-13-10-14-22(19(3)4)25(21)27-17-26(20-11-6-5-7-12-20)23-15-8-9-16-24(23)27;/h1-12,14-19H;5-11,13-16,18-19H,1-4H3;/q2*-1;+3. The van der Waals surface area contributed by atoms with E-state index in [1.54, 1.807) is 6.20 Å². The maximum absolute atomic E-state index is 6.47. The van der Waals surface area contributed by atoms with Gasteiger partial charge in [-0.05, 0) is 57.1 Å². The number of fused-ring (bicyclic) bond motifs is 4. The second-order valence-corrected chi connectivity index (χ2v) is 15.1. The first kappa shape index (κ1) is 39.4. The second kappa shape index (κ2) is 17.2. The molecule has 0 N–H and O–H groups in total. The van der Waals surface area contributed by atoms with Gasteiger partial charge in [-0.15, -0.1) is 18.2 Å². The Labute approximate surface area is 359 Å². The Morgan fingerprint density at radius 2 is 1.22 bits per heavy atom. The number of nitrogens with zero attached hydrogens (tertiary/aromatic N) is 3. The van der Waals surface area contributed by atoms with Crippen molar-refractivity contribution in [2.75, 3.05) is 0 Å². The second-order valence-electron chi connectivity index (χ2n) is 15.1. The van der Waals surface area contributed by atoms with Crippen LogP contribution in [0.1, 0.15) is 50.7 Å². The summed E-state index contributed by atoms with van der Waals surface area (Å²) < 4.78 is 10.8. The third-order valence-corrected chi connectivity index (χ3v) is 10.7. The fourth-order valence-electron chi connectivity index (χ4n) is 7.86. The number of hydrogen-bond acceptors (Lipinski definition) is 2. The first-order chi connectivity index (χ1) is 28.5. The van der Waals surface area contributed by atoms with E-state index in [0.717, 1.165) is 61.0 Å². The van der Waals surface area contributed by atoms with Crippen LogP contribution in [0.4, 0.5) is 0 Å². The molecule has 10 rings (SSSR count). The van der Waals surface area contributed by atoms with E-state index in [2.05, 4.69) is 182 Å². The summed E-state index contributed by atoms with van der Waals surface area (Å²) in [6.45, 7) is 9.03. The van der Waals surface area contributed by atoms with Crippen LogP contribution in [-0.2, 0) is 20.1 Å². The van der Waals surface area contributed by atoms with Crippen molar-refractivity contribution in [1.82, 2.24) is 9.55 Å². The molecule has 0 amide bonds.